The van der Waals surface area contributed by atoms with Crippen molar-refractivity contribution >= 4 is 12.0 Å². The highest BCUT2D eigenvalue weighted by Gasteiger charge is 1.94. The van der Waals surface area contributed by atoms with E-state index in [0.717, 1.165) is 0 Å². The number of rotatable bonds is 1. The van der Waals surface area contributed by atoms with Gasteiger partial charge < -0.3 is 4.55 Å². The largest absolute Gasteiger partial charge is 0.326 e. The molecule has 0 heterocycles. The zero-order chi connectivity index (χ0) is 4.28. The van der Waals surface area contributed by atoms with Crippen LogP contribution in [0.25, 0.3) is 0 Å². The van der Waals surface area contributed by atoms with E-state index in [1.807, 2.05) is 0 Å². The molecule has 0 aromatic carbocycles. The van der Waals surface area contributed by atoms with Gasteiger partial charge in [-0.1, -0.05) is 0 Å². The molecule has 0 saturated heterocycles. The van der Waals surface area contributed by atoms with Gasteiger partial charge in [0, 0.05) is 0 Å². The summed E-state index contributed by atoms with van der Waals surface area (Å²) in [6.07, 6.45) is 0. The van der Waals surface area contributed by atoms with Crippen LogP contribution in [0.3, 0.4) is 0 Å². The molecule has 0 aliphatic rings. The predicted molar refractivity (Wildman–Crippen MR) is 16.2 cm³/mol. The summed E-state index contributed by atoms with van der Waals surface area (Å²) in [7, 11) is 0. The van der Waals surface area contributed by atoms with Crippen LogP contribution in [0.15, 0.2) is 0 Å². The zero-order valence-electron chi connectivity index (χ0n) is 2.19. The van der Waals surface area contributed by atoms with Crippen molar-refractivity contribution in [3.05, 3.63) is 0 Å². The Labute approximate surface area is 32.2 Å². The summed E-state index contributed by atoms with van der Waals surface area (Å²) < 4.78 is 28.3. The Balaban J connectivity index is 2.54. The minimum Gasteiger partial charge on any atom is -0.326 e. The maximum absolute atomic E-state index is 10.5. The summed E-state index contributed by atoms with van der Waals surface area (Å²) in [6.45, 7) is 0. The molecule has 0 aromatic heterocycles. The highest BCUT2D eigenvalue weighted by atomic mass is 32.2. The Kier molecular flexibility index (Phi) is 2.49. The monoisotopic (exact) mass is 100.0 g/mol. The highest BCUT2D eigenvalue weighted by molar-refractivity contribution is 7.94. The van der Waals surface area contributed by atoms with Crippen LogP contribution in [-0.4, -0.2) is 10.3 Å². The Hall–Kier alpha value is 0.170. The SMILES string of the molecule is OSC(F)F. The van der Waals surface area contributed by atoms with Crippen LogP contribution in [0, 0.1) is 0 Å². The van der Waals surface area contributed by atoms with Gasteiger partial charge in [-0.2, -0.15) is 8.78 Å². The molecule has 0 amide bonds. The second-order valence-electron chi connectivity index (χ2n) is 0.366. The third kappa shape index (κ3) is 4.17. The first-order chi connectivity index (χ1) is 2.27. The van der Waals surface area contributed by atoms with Crippen LogP contribution in [0.2, 0.25) is 0 Å². The standard InChI is InChI=1S/CH2F2OS/c2-1(3)5-4/h1,4H. The molecular formula is CH2F2OS. The molecular weight excluding hydrogens is 98.1 g/mol. The smallest absolute Gasteiger partial charge is 0.308 e. The molecule has 0 aromatic rings. The van der Waals surface area contributed by atoms with Crippen molar-refractivity contribution in [2.45, 2.75) is 5.76 Å². The summed E-state index contributed by atoms with van der Waals surface area (Å²) in [5, 5.41) is 0. The average Bonchev–Trinajstić information content (AvgIpc) is 1.38. The number of halogens is 2. The van der Waals surface area contributed by atoms with E-state index in [1.165, 1.54) is 0 Å². The molecule has 0 spiro atoms. The lowest BCUT2D eigenvalue weighted by molar-refractivity contribution is 0.243. The van der Waals surface area contributed by atoms with Crippen LogP contribution < -0.4 is 0 Å². The topological polar surface area (TPSA) is 20.2 Å². The lowest BCUT2D eigenvalue weighted by Gasteiger charge is -1.79. The Bertz CT molecular complexity index is 23.6. The fourth-order valence-electron chi connectivity index (χ4n) is 0. The molecule has 5 heavy (non-hydrogen) atoms. The summed E-state index contributed by atoms with van der Waals surface area (Å²) in [5.41, 5.74) is 0. The van der Waals surface area contributed by atoms with Crippen LogP contribution in [0.4, 0.5) is 8.78 Å². The van der Waals surface area contributed by atoms with Gasteiger partial charge in [-0.25, -0.2) is 0 Å². The second kappa shape index (κ2) is 2.41. The lowest BCUT2D eigenvalue weighted by atomic mass is 11.7. The fourth-order valence-corrected chi connectivity index (χ4v) is 0. The minimum absolute atomic E-state index is 0.454. The van der Waals surface area contributed by atoms with Gasteiger partial charge in [-0.3, -0.25) is 0 Å². The van der Waals surface area contributed by atoms with E-state index >= 15 is 0 Å². The molecule has 0 aliphatic carbocycles. The molecule has 0 saturated carbocycles. The number of hydrogen-bond donors (Lipinski definition) is 1. The summed E-state index contributed by atoms with van der Waals surface area (Å²) in [6, 6.07) is 0. The zero-order valence-corrected chi connectivity index (χ0v) is 3.01. The van der Waals surface area contributed by atoms with Gasteiger partial charge in [0.15, 0.2) is 0 Å². The lowest BCUT2D eigenvalue weighted by Crippen LogP contribution is -1.73. The van der Waals surface area contributed by atoms with Gasteiger partial charge in [-0.05, 0) is 0 Å². The van der Waals surface area contributed by atoms with Crippen molar-refractivity contribution < 1.29 is 13.3 Å². The van der Waals surface area contributed by atoms with E-state index in [0.29, 0.717) is 0 Å². The molecule has 4 heteroatoms. The van der Waals surface area contributed by atoms with Crippen molar-refractivity contribution in [3.63, 3.8) is 0 Å². The molecule has 0 bridgehead atoms. The van der Waals surface area contributed by atoms with E-state index in [-0.39, 0.29) is 0 Å². The summed E-state index contributed by atoms with van der Waals surface area (Å²) >= 11 is -0.454. The number of alkyl halides is 2. The third-order valence-corrected chi connectivity index (χ3v) is 0.239. The normalized spacial score (nSPS) is 9.60. The molecule has 0 unspecified atom stereocenters. The van der Waals surface area contributed by atoms with Crippen LogP contribution in [0.5, 0.6) is 0 Å². The van der Waals surface area contributed by atoms with Crippen LogP contribution >= 0.6 is 12.0 Å². The van der Waals surface area contributed by atoms with Gasteiger partial charge in [-0.15, -0.1) is 0 Å². The second-order valence-corrected chi connectivity index (χ2v) is 0.933. The van der Waals surface area contributed by atoms with Gasteiger partial charge in [0.25, 0.3) is 0 Å². The predicted octanol–water partition coefficient (Wildman–Crippen LogP) is 1.42. The Morgan fingerprint density at radius 1 is 1.60 bits per heavy atom. The van der Waals surface area contributed by atoms with Crippen molar-refractivity contribution in [1.29, 1.82) is 0 Å². The van der Waals surface area contributed by atoms with Gasteiger partial charge in [0.05, 0.1) is 12.0 Å². The average molecular weight is 100 g/mol. The maximum atomic E-state index is 10.5. The first kappa shape index (κ1) is 5.17. The third-order valence-electron chi connectivity index (χ3n) is 0.0797. The van der Waals surface area contributed by atoms with E-state index in [9.17, 15) is 8.78 Å². The number of hydrogen-bond acceptors (Lipinski definition) is 2. The molecule has 0 radical (unpaired) electrons. The van der Waals surface area contributed by atoms with Crippen LogP contribution in [-0.2, 0) is 0 Å². The van der Waals surface area contributed by atoms with Crippen molar-refractivity contribution in [3.8, 4) is 0 Å². The fraction of sp³-hybridized carbons (Fsp3) is 1.00. The van der Waals surface area contributed by atoms with Crippen molar-refractivity contribution in [2.75, 3.05) is 0 Å². The molecule has 1 N–H and O–H groups in total. The van der Waals surface area contributed by atoms with Crippen molar-refractivity contribution in [1.82, 2.24) is 0 Å². The minimum atomic E-state index is -2.64. The molecule has 32 valence electrons. The molecule has 0 rings (SSSR count). The quantitative estimate of drug-likeness (QED) is 0.503. The van der Waals surface area contributed by atoms with E-state index in [2.05, 4.69) is 0 Å². The van der Waals surface area contributed by atoms with Gasteiger partial charge in [0.1, 0.15) is 0 Å². The van der Waals surface area contributed by atoms with Crippen molar-refractivity contribution in [2.24, 2.45) is 0 Å². The molecule has 0 atom stereocenters. The van der Waals surface area contributed by atoms with E-state index < -0.39 is 17.8 Å². The molecule has 0 aliphatic heterocycles. The molecule has 0 fully saturated rings. The van der Waals surface area contributed by atoms with E-state index in [1.54, 1.807) is 0 Å². The Morgan fingerprint density at radius 2 is 1.80 bits per heavy atom. The van der Waals surface area contributed by atoms with Gasteiger partial charge in [0.2, 0.25) is 0 Å². The first-order valence-corrected chi connectivity index (χ1v) is 1.69. The highest BCUT2D eigenvalue weighted by Crippen LogP contribution is 2.05. The molecule has 1 nitrogen and oxygen atoms in total. The van der Waals surface area contributed by atoms with Gasteiger partial charge >= 0.3 is 5.76 Å². The Morgan fingerprint density at radius 3 is 1.80 bits per heavy atom. The maximum Gasteiger partial charge on any atom is 0.308 e. The van der Waals surface area contributed by atoms with Crippen LogP contribution in [0.1, 0.15) is 0 Å². The first-order valence-electron chi connectivity index (χ1n) is 0.855. The summed E-state index contributed by atoms with van der Waals surface area (Å²) in [5.74, 6) is -2.64. The van der Waals surface area contributed by atoms with E-state index in [4.69, 9.17) is 4.55 Å². The summed E-state index contributed by atoms with van der Waals surface area (Å²) in [4.78, 5) is 0.